The largest absolute Gasteiger partial charge is 0.326 e. The van der Waals surface area contributed by atoms with Crippen molar-refractivity contribution in [2.75, 3.05) is 7.05 Å². The summed E-state index contributed by atoms with van der Waals surface area (Å²) in [5.74, 6) is 0. The summed E-state index contributed by atoms with van der Waals surface area (Å²) in [5, 5.41) is 6.48. The molecule has 0 fully saturated rings. The number of sulfonamides is 1. The van der Waals surface area contributed by atoms with Gasteiger partial charge >= 0.3 is 0 Å². The highest BCUT2D eigenvalue weighted by Crippen LogP contribution is 2.21. The first-order chi connectivity index (χ1) is 9.45. The molecule has 1 aromatic carbocycles. The second-order valence-electron chi connectivity index (χ2n) is 4.67. The number of aromatic amines is 1. The summed E-state index contributed by atoms with van der Waals surface area (Å²) in [4.78, 5) is 0.306. The number of aromatic nitrogens is 2. The van der Waals surface area contributed by atoms with Gasteiger partial charge in [-0.2, -0.15) is 9.40 Å². The molecule has 0 spiro atoms. The summed E-state index contributed by atoms with van der Waals surface area (Å²) in [6.45, 7) is 2.45. The van der Waals surface area contributed by atoms with Crippen LogP contribution < -0.4 is 5.73 Å². The number of H-pyrrole nitrogens is 1. The van der Waals surface area contributed by atoms with E-state index in [9.17, 15) is 8.42 Å². The molecule has 3 N–H and O–H groups in total. The number of hydrogen-bond acceptors (Lipinski definition) is 4. The number of benzene rings is 1. The minimum Gasteiger partial charge on any atom is -0.326 e. The Kier molecular flexibility index (Phi) is 4.22. The van der Waals surface area contributed by atoms with Crippen LogP contribution >= 0.6 is 0 Å². The Morgan fingerprint density at radius 2 is 2.10 bits per heavy atom. The van der Waals surface area contributed by atoms with Crippen molar-refractivity contribution >= 4 is 10.0 Å². The molecule has 0 amide bonds. The Labute approximate surface area is 118 Å². The highest BCUT2D eigenvalue weighted by Gasteiger charge is 2.23. The molecule has 0 bridgehead atoms. The first kappa shape index (κ1) is 14.7. The Morgan fingerprint density at radius 3 is 2.65 bits per heavy atom. The van der Waals surface area contributed by atoms with E-state index in [1.807, 2.05) is 0 Å². The van der Waals surface area contributed by atoms with Gasteiger partial charge < -0.3 is 5.73 Å². The number of aryl methyl sites for hydroxylation is 1. The first-order valence-corrected chi connectivity index (χ1v) is 7.62. The van der Waals surface area contributed by atoms with Crippen LogP contribution in [-0.2, 0) is 23.1 Å². The topological polar surface area (TPSA) is 92.1 Å². The summed E-state index contributed by atoms with van der Waals surface area (Å²) in [5.41, 5.74) is 7.99. The number of nitrogens with two attached hydrogens (primary N) is 1. The van der Waals surface area contributed by atoms with E-state index in [0.717, 1.165) is 11.1 Å². The van der Waals surface area contributed by atoms with Gasteiger partial charge in [0, 0.05) is 31.9 Å². The maximum absolute atomic E-state index is 12.5. The van der Waals surface area contributed by atoms with Gasteiger partial charge in [-0.3, -0.25) is 5.10 Å². The lowest BCUT2D eigenvalue weighted by Crippen LogP contribution is -2.27. The number of rotatable bonds is 5. The molecule has 1 heterocycles. The Bertz CT molecular complexity index is 680. The predicted molar refractivity (Wildman–Crippen MR) is 76.3 cm³/mol. The van der Waals surface area contributed by atoms with Crippen LogP contribution in [0.15, 0.2) is 35.5 Å². The molecular formula is C13H18N4O2S. The minimum absolute atomic E-state index is 0.275. The highest BCUT2D eigenvalue weighted by molar-refractivity contribution is 7.89. The van der Waals surface area contributed by atoms with Crippen LogP contribution in [-0.4, -0.2) is 30.0 Å². The minimum atomic E-state index is -3.52. The zero-order chi connectivity index (χ0) is 14.8. The van der Waals surface area contributed by atoms with Crippen molar-refractivity contribution in [3.05, 3.63) is 47.3 Å². The fourth-order valence-electron chi connectivity index (χ4n) is 2.00. The van der Waals surface area contributed by atoms with Crippen molar-refractivity contribution in [2.24, 2.45) is 5.73 Å². The summed E-state index contributed by atoms with van der Waals surface area (Å²) in [7, 11) is -1.97. The Morgan fingerprint density at radius 1 is 1.35 bits per heavy atom. The zero-order valence-corrected chi connectivity index (χ0v) is 12.3. The molecule has 2 aromatic rings. The number of nitrogens with zero attached hydrogens (tertiary/aromatic N) is 2. The fraction of sp³-hybridized carbons (Fsp3) is 0.308. The second-order valence-corrected chi connectivity index (χ2v) is 6.68. The van der Waals surface area contributed by atoms with Crippen LogP contribution in [0.5, 0.6) is 0 Å². The van der Waals surface area contributed by atoms with Crippen LogP contribution in [0.2, 0.25) is 0 Å². The summed E-state index contributed by atoms with van der Waals surface area (Å²) < 4.78 is 26.4. The first-order valence-electron chi connectivity index (χ1n) is 6.18. The summed E-state index contributed by atoms with van der Waals surface area (Å²) in [6.07, 6.45) is 3.28. The lowest BCUT2D eigenvalue weighted by atomic mass is 10.1. The average molecular weight is 294 g/mol. The lowest BCUT2D eigenvalue weighted by molar-refractivity contribution is 0.466. The normalized spacial score (nSPS) is 12.0. The molecule has 1 aromatic heterocycles. The number of hydrogen-bond donors (Lipinski definition) is 2. The second kappa shape index (κ2) is 5.74. The van der Waals surface area contributed by atoms with Gasteiger partial charge in [-0.1, -0.05) is 12.1 Å². The molecular weight excluding hydrogens is 276 g/mol. The molecule has 0 atom stereocenters. The third kappa shape index (κ3) is 2.90. The SMILES string of the molecule is Cc1cc(CN)ccc1S(=O)(=O)N(C)Cc1cn[nH]c1. The molecule has 0 saturated carbocycles. The van der Waals surface area contributed by atoms with E-state index >= 15 is 0 Å². The molecule has 0 radical (unpaired) electrons. The number of nitrogens with one attached hydrogen (secondary N) is 1. The van der Waals surface area contributed by atoms with Gasteiger partial charge in [-0.25, -0.2) is 8.42 Å². The molecule has 2 rings (SSSR count). The van der Waals surface area contributed by atoms with Crippen molar-refractivity contribution in [1.82, 2.24) is 14.5 Å². The van der Waals surface area contributed by atoms with Crippen molar-refractivity contribution in [1.29, 1.82) is 0 Å². The van der Waals surface area contributed by atoms with E-state index in [1.54, 1.807) is 44.6 Å². The molecule has 7 heteroatoms. The predicted octanol–water partition coefficient (Wildman–Crippen LogP) is 0.998. The molecule has 6 nitrogen and oxygen atoms in total. The highest BCUT2D eigenvalue weighted by atomic mass is 32.2. The third-order valence-electron chi connectivity index (χ3n) is 3.12. The smallest absolute Gasteiger partial charge is 0.243 e. The monoisotopic (exact) mass is 294 g/mol. The van der Waals surface area contributed by atoms with Crippen LogP contribution in [0.3, 0.4) is 0 Å². The van der Waals surface area contributed by atoms with Crippen molar-refractivity contribution < 1.29 is 8.42 Å². The third-order valence-corrected chi connectivity index (χ3v) is 5.09. The van der Waals surface area contributed by atoms with E-state index in [2.05, 4.69) is 10.2 Å². The van der Waals surface area contributed by atoms with Gasteiger partial charge in [0.05, 0.1) is 11.1 Å². The summed E-state index contributed by atoms with van der Waals surface area (Å²) >= 11 is 0. The lowest BCUT2D eigenvalue weighted by Gasteiger charge is -2.18. The van der Waals surface area contributed by atoms with Crippen LogP contribution in [0, 0.1) is 6.92 Å². The van der Waals surface area contributed by atoms with Crippen LogP contribution in [0.25, 0.3) is 0 Å². The van der Waals surface area contributed by atoms with Crippen LogP contribution in [0.4, 0.5) is 0 Å². The van der Waals surface area contributed by atoms with Crippen molar-refractivity contribution in [3.63, 3.8) is 0 Å². The van der Waals surface area contributed by atoms with Gasteiger partial charge in [0.1, 0.15) is 0 Å². The van der Waals surface area contributed by atoms with E-state index < -0.39 is 10.0 Å². The van der Waals surface area contributed by atoms with Gasteiger partial charge in [0.25, 0.3) is 0 Å². The van der Waals surface area contributed by atoms with E-state index in [0.29, 0.717) is 17.0 Å². The molecule has 0 saturated heterocycles. The Balaban J connectivity index is 2.30. The molecule has 0 aliphatic carbocycles. The molecule has 0 unspecified atom stereocenters. The zero-order valence-electron chi connectivity index (χ0n) is 11.5. The van der Waals surface area contributed by atoms with Gasteiger partial charge in [-0.05, 0) is 24.1 Å². The van der Waals surface area contributed by atoms with Crippen molar-refractivity contribution in [3.8, 4) is 0 Å². The standard InChI is InChI=1S/C13H18N4O2S/c1-10-5-11(6-14)3-4-13(10)20(18,19)17(2)9-12-7-15-16-8-12/h3-5,7-8H,6,9,14H2,1-2H3,(H,15,16). The van der Waals surface area contributed by atoms with E-state index in [-0.39, 0.29) is 6.54 Å². The average Bonchev–Trinajstić information content (AvgIpc) is 2.91. The van der Waals surface area contributed by atoms with Gasteiger partial charge in [0.2, 0.25) is 10.0 Å². The molecule has 108 valence electrons. The Hall–Kier alpha value is -1.70. The van der Waals surface area contributed by atoms with Crippen LogP contribution in [0.1, 0.15) is 16.7 Å². The molecule has 0 aliphatic rings. The van der Waals surface area contributed by atoms with Gasteiger partial charge in [-0.15, -0.1) is 0 Å². The maximum Gasteiger partial charge on any atom is 0.243 e. The molecule has 0 aliphatic heterocycles. The fourth-order valence-corrected chi connectivity index (χ4v) is 3.36. The maximum atomic E-state index is 12.5. The van der Waals surface area contributed by atoms with Gasteiger partial charge in [0.15, 0.2) is 0 Å². The molecule has 20 heavy (non-hydrogen) atoms. The van der Waals surface area contributed by atoms with E-state index in [4.69, 9.17) is 5.73 Å². The van der Waals surface area contributed by atoms with Crippen molar-refractivity contribution in [2.45, 2.75) is 24.9 Å². The summed E-state index contributed by atoms with van der Waals surface area (Å²) in [6, 6.07) is 5.16. The quantitative estimate of drug-likeness (QED) is 0.860. The van der Waals surface area contributed by atoms with E-state index in [1.165, 1.54) is 4.31 Å².